The highest BCUT2D eigenvalue weighted by Crippen LogP contribution is 2.31. The molecule has 2 aliphatic rings. The molecule has 0 spiro atoms. The molecule has 2 aliphatic heterocycles. The number of nitrogens with one attached hydrogen (secondary N) is 1. The molecular weight excluding hydrogens is 256 g/mol. The van der Waals surface area contributed by atoms with E-state index in [4.69, 9.17) is 4.74 Å². The van der Waals surface area contributed by atoms with Gasteiger partial charge in [0, 0.05) is 19.4 Å². The Balaban J connectivity index is 1.61. The predicted octanol–water partition coefficient (Wildman–Crippen LogP) is 1.57. The van der Waals surface area contributed by atoms with E-state index >= 15 is 0 Å². The average molecular weight is 274 g/mol. The Labute approximate surface area is 117 Å². The lowest BCUT2D eigenvalue weighted by Gasteiger charge is -2.22. The minimum absolute atomic E-state index is 0.0909. The molecule has 1 saturated heterocycles. The fourth-order valence-corrected chi connectivity index (χ4v) is 2.72. The quantitative estimate of drug-likeness (QED) is 0.847. The Kier molecular flexibility index (Phi) is 3.58. The lowest BCUT2D eigenvalue weighted by molar-refractivity contribution is -0.138. The zero-order valence-electron chi connectivity index (χ0n) is 11.4. The second-order valence-corrected chi connectivity index (χ2v) is 5.11. The van der Waals surface area contributed by atoms with Gasteiger partial charge in [-0.15, -0.1) is 0 Å². The number of ether oxygens (including phenoxy) is 1. The number of fused-ring (bicyclic) bond motifs is 1. The summed E-state index contributed by atoms with van der Waals surface area (Å²) >= 11 is 0. The van der Waals surface area contributed by atoms with Gasteiger partial charge < -0.3 is 10.1 Å². The third-order valence-electron chi connectivity index (χ3n) is 3.76. The Bertz CT molecular complexity index is 526. The maximum Gasteiger partial charge on any atom is 0.229 e. The largest absolute Gasteiger partial charge is 0.490 e. The Hall–Kier alpha value is -2.04. The van der Waals surface area contributed by atoms with E-state index in [0.29, 0.717) is 26.0 Å². The minimum atomic E-state index is -0.0909. The van der Waals surface area contributed by atoms with Crippen LogP contribution in [-0.2, 0) is 16.0 Å². The number of carbonyl (C=O) groups excluding carboxylic acids is 2. The molecule has 2 amide bonds. The van der Waals surface area contributed by atoms with E-state index in [9.17, 15) is 9.59 Å². The molecule has 0 aromatic heterocycles. The van der Waals surface area contributed by atoms with Crippen molar-refractivity contribution in [1.82, 2.24) is 4.90 Å². The van der Waals surface area contributed by atoms with Crippen molar-refractivity contribution >= 4 is 17.5 Å². The fourth-order valence-electron chi connectivity index (χ4n) is 2.72. The van der Waals surface area contributed by atoms with E-state index in [-0.39, 0.29) is 11.8 Å². The molecule has 5 heteroatoms. The first-order valence-electron chi connectivity index (χ1n) is 7.07. The minimum Gasteiger partial charge on any atom is -0.490 e. The van der Waals surface area contributed by atoms with E-state index in [1.54, 1.807) is 0 Å². The number of rotatable bonds is 4. The van der Waals surface area contributed by atoms with Crippen LogP contribution in [0.25, 0.3) is 0 Å². The van der Waals surface area contributed by atoms with Crippen molar-refractivity contribution in [3.8, 4) is 5.75 Å². The molecule has 0 atom stereocenters. The van der Waals surface area contributed by atoms with Gasteiger partial charge in [-0.2, -0.15) is 0 Å². The molecule has 1 aromatic rings. The summed E-state index contributed by atoms with van der Waals surface area (Å²) in [5.74, 6) is 0.625. The first-order valence-corrected chi connectivity index (χ1v) is 7.07. The topological polar surface area (TPSA) is 58.6 Å². The SMILES string of the molecule is O=C1CCC(=O)N1CCOc1cccc2c1NCCC2. The monoisotopic (exact) mass is 274 g/mol. The van der Waals surface area contributed by atoms with Crippen molar-refractivity contribution in [3.63, 3.8) is 0 Å². The van der Waals surface area contributed by atoms with Crippen LogP contribution < -0.4 is 10.1 Å². The van der Waals surface area contributed by atoms with E-state index in [1.165, 1.54) is 10.5 Å². The molecule has 20 heavy (non-hydrogen) atoms. The lowest BCUT2D eigenvalue weighted by Crippen LogP contribution is -2.33. The third-order valence-corrected chi connectivity index (χ3v) is 3.76. The van der Waals surface area contributed by atoms with Crippen molar-refractivity contribution < 1.29 is 14.3 Å². The van der Waals surface area contributed by atoms with Crippen LogP contribution in [0.2, 0.25) is 0 Å². The molecule has 3 rings (SSSR count). The smallest absolute Gasteiger partial charge is 0.229 e. The summed E-state index contributed by atoms with van der Waals surface area (Å²) in [4.78, 5) is 24.3. The number of nitrogens with zero attached hydrogens (tertiary/aromatic N) is 1. The van der Waals surface area contributed by atoms with Crippen LogP contribution in [0.3, 0.4) is 0 Å². The Morgan fingerprint density at radius 1 is 1.15 bits per heavy atom. The zero-order valence-corrected chi connectivity index (χ0v) is 11.4. The van der Waals surface area contributed by atoms with Gasteiger partial charge in [0.25, 0.3) is 0 Å². The van der Waals surface area contributed by atoms with Gasteiger partial charge in [-0.1, -0.05) is 12.1 Å². The molecule has 106 valence electrons. The molecule has 2 heterocycles. The summed E-state index contributed by atoms with van der Waals surface area (Å²) in [5, 5.41) is 3.35. The molecule has 0 radical (unpaired) electrons. The van der Waals surface area contributed by atoms with Gasteiger partial charge >= 0.3 is 0 Å². The number of likely N-dealkylation sites (tertiary alicyclic amines) is 1. The summed E-state index contributed by atoms with van der Waals surface area (Å²) in [6.07, 6.45) is 2.86. The molecule has 0 aliphatic carbocycles. The van der Waals surface area contributed by atoms with Crippen LogP contribution in [0, 0.1) is 0 Å². The maximum atomic E-state index is 11.5. The standard InChI is InChI=1S/C15H18N2O3/c18-13-6-7-14(19)17(13)9-10-20-12-5-1-3-11-4-2-8-16-15(11)12/h1,3,5,16H,2,4,6-10H2. The molecule has 1 N–H and O–H groups in total. The van der Waals surface area contributed by atoms with E-state index < -0.39 is 0 Å². The number of imide groups is 1. The van der Waals surface area contributed by atoms with Crippen LogP contribution in [0.1, 0.15) is 24.8 Å². The van der Waals surface area contributed by atoms with Crippen LogP contribution in [0.4, 0.5) is 5.69 Å². The van der Waals surface area contributed by atoms with E-state index in [1.807, 2.05) is 12.1 Å². The van der Waals surface area contributed by atoms with Gasteiger partial charge in [0.1, 0.15) is 12.4 Å². The van der Waals surface area contributed by atoms with Crippen molar-refractivity contribution in [2.75, 3.05) is 25.0 Å². The molecule has 1 fully saturated rings. The number of amides is 2. The number of benzene rings is 1. The number of carbonyl (C=O) groups is 2. The van der Waals surface area contributed by atoms with Gasteiger partial charge in [0.2, 0.25) is 11.8 Å². The van der Waals surface area contributed by atoms with Crippen LogP contribution >= 0.6 is 0 Å². The molecule has 0 saturated carbocycles. The highest BCUT2D eigenvalue weighted by molar-refractivity contribution is 6.01. The summed E-state index contributed by atoms with van der Waals surface area (Å²) in [7, 11) is 0. The van der Waals surface area contributed by atoms with Crippen molar-refractivity contribution in [1.29, 1.82) is 0 Å². The summed E-state index contributed by atoms with van der Waals surface area (Å²) in [6.45, 7) is 1.63. The number of para-hydroxylation sites is 1. The predicted molar refractivity (Wildman–Crippen MR) is 74.7 cm³/mol. The van der Waals surface area contributed by atoms with Crippen molar-refractivity contribution in [3.05, 3.63) is 23.8 Å². The van der Waals surface area contributed by atoms with Crippen molar-refractivity contribution in [2.24, 2.45) is 0 Å². The zero-order chi connectivity index (χ0) is 13.9. The molecule has 1 aromatic carbocycles. The van der Waals surface area contributed by atoms with E-state index in [0.717, 1.165) is 30.8 Å². The van der Waals surface area contributed by atoms with Gasteiger partial charge in [-0.25, -0.2) is 0 Å². The second kappa shape index (κ2) is 5.53. The van der Waals surface area contributed by atoms with Gasteiger partial charge in [-0.3, -0.25) is 14.5 Å². The highest BCUT2D eigenvalue weighted by Gasteiger charge is 2.28. The number of hydrogen-bond donors (Lipinski definition) is 1. The summed E-state index contributed by atoms with van der Waals surface area (Å²) < 4.78 is 5.75. The van der Waals surface area contributed by atoms with E-state index in [2.05, 4.69) is 11.4 Å². The van der Waals surface area contributed by atoms with Crippen LogP contribution in [-0.4, -0.2) is 36.4 Å². The number of hydrogen-bond acceptors (Lipinski definition) is 4. The molecule has 5 nitrogen and oxygen atoms in total. The second-order valence-electron chi connectivity index (χ2n) is 5.11. The summed E-state index contributed by atoms with van der Waals surface area (Å²) in [5.41, 5.74) is 2.32. The third kappa shape index (κ3) is 2.48. The Morgan fingerprint density at radius 2 is 1.95 bits per heavy atom. The fraction of sp³-hybridized carbons (Fsp3) is 0.467. The molecular formula is C15H18N2O3. The van der Waals surface area contributed by atoms with Gasteiger partial charge in [0.15, 0.2) is 0 Å². The number of aryl methyl sites for hydroxylation is 1. The number of anilines is 1. The average Bonchev–Trinajstić information content (AvgIpc) is 2.79. The van der Waals surface area contributed by atoms with Crippen LogP contribution in [0.15, 0.2) is 18.2 Å². The molecule has 0 unspecified atom stereocenters. The summed E-state index contributed by atoms with van der Waals surface area (Å²) in [6, 6.07) is 6.00. The van der Waals surface area contributed by atoms with Crippen molar-refractivity contribution in [2.45, 2.75) is 25.7 Å². The van der Waals surface area contributed by atoms with Gasteiger partial charge in [-0.05, 0) is 24.5 Å². The molecule has 0 bridgehead atoms. The maximum absolute atomic E-state index is 11.5. The normalized spacial score (nSPS) is 17.9. The lowest BCUT2D eigenvalue weighted by atomic mass is 10.0. The van der Waals surface area contributed by atoms with Crippen LogP contribution in [0.5, 0.6) is 5.75 Å². The first-order chi connectivity index (χ1) is 9.75. The Morgan fingerprint density at radius 3 is 2.75 bits per heavy atom. The van der Waals surface area contributed by atoms with Gasteiger partial charge in [0.05, 0.1) is 12.2 Å². The highest BCUT2D eigenvalue weighted by atomic mass is 16.5. The first kappa shape index (κ1) is 13.0.